The Morgan fingerprint density at radius 2 is 1.98 bits per heavy atom. The van der Waals surface area contributed by atoms with Crippen molar-refractivity contribution in [3.8, 4) is 41.2 Å². The lowest BCUT2D eigenvalue weighted by molar-refractivity contribution is -0.00713. The molecule has 0 amide bonds. The van der Waals surface area contributed by atoms with Crippen LogP contribution in [0.3, 0.4) is 0 Å². The fourth-order valence-electron chi connectivity index (χ4n) is 8.00. The van der Waals surface area contributed by atoms with Gasteiger partial charge >= 0.3 is 6.01 Å². The topological polar surface area (TPSA) is 104 Å². The molecule has 8 rings (SSSR count). The number of aromatic nitrogens is 3. The maximum atomic E-state index is 17.0. The normalized spacial score (nSPS) is 25.7. The van der Waals surface area contributed by atoms with Gasteiger partial charge in [-0.05, 0) is 69.2 Å². The van der Waals surface area contributed by atoms with E-state index < -0.39 is 23.3 Å². The first kappa shape index (κ1) is 28.9. The predicted molar refractivity (Wildman–Crippen MR) is 169 cm³/mol. The highest BCUT2D eigenvalue weighted by molar-refractivity contribution is 6.04. The molecule has 4 aromatic rings. The number of phenolic OH excluding ortho intramolecular Hbond substituents is 1. The molecular formula is C35H33F2N5O4. The number of halogens is 2. The van der Waals surface area contributed by atoms with Gasteiger partial charge in [-0.2, -0.15) is 9.97 Å². The van der Waals surface area contributed by atoms with E-state index in [4.69, 9.17) is 20.9 Å². The van der Waals surface area contributed by atoms with Gasteiger partial charge in [0.2, 0.25) is 5.88 Å². The van der Waals surface area contributed by atoms with Crippen molar-refractivity contribution in [1.29, 1.82) is 0 Å². The molecule has 2 N–H and O–H groups in total. The van der Waals surface area contributed by atoms with E-state index in [1.54, 1.807) is 6.92 Å². The summed E-state index contributed by atoms with van der Waals surface area (Å²) < 4.78 is 44.5. The van der Waals surface area contributed by atoms with Crippen molar-refractivity contribution in [2.24, 2.45) is 0 Å². The van der Waals surface area contributed by atoms with E-state index in [1.165, 1.54) is 24.3 Å². The second-order valence-electron chi connectivity index (χ2n) is 13.2. The molecule has 3 fully saturated rings. The van der Waals surface area contributed by atoms with Crippen molar-refractivity contribution in [3.05, 3.63) is 53.6 Å². The highest BCUT2D eigenvalue weighted by Crippen LogP contribution is 2.46. The Bertz CT molecular complexity index is 2010. The molecule has 2 aromatic carbocycles. The predicted octanol–water partition coefficient (Wildman–Crippen LogP) is 5.10. The third kappa shape index (κ3) is 4.31. The molecule has 0 radical (unpaired) electrons. The van der Waals surface area contributed by atoms with Gasteiger partial charge in [0.1, 0.15) is 47.2 Å². The number of fused-ring (bicyclic) bond motifs is 4. The van der Waals surface area contributed by atoms with Crippen LogP contribution in [0.15, 0.2) is 36.4 Å². The molecule has 46 heavy (non-hydrogen) atoms. The van der Waals surface area contributed by atoms with Gasteiger partial charge in [-0.25, -0.2) is 13.8 Å². The zero-order chi connectivity index (χ0) is 32.0. The van der Waals surface area contributed by atoms with Gasteiger partial charge in [-0.1, -0.05) is 24.1 Å². The van der Waals surface area contributed by atoms with E-state index in [1.807, 2.05) is 4.90 Å². The maximum Gasteiger partial charge on any atom is 0.319 e. The molecule has 236 valence electrons. The Balaban J connectivity index is 1.35. The monoisotopic (exact) mass is 625 g/mol. The Morgan fingerprint density at radius 1 is 1.15 bits per heavy atom. The number of rotatable bonds is 4. The molecule has 3 saturated heterocycles. The molecule has 0 saturated carbocycles. The van der Waals surface area contributed by atoms with Crippen LogP contribution in [0.2, 0.25) is 0 Å². The molecule has 6 heterocycles. The molecule has 0 bridgehead atoms. The smallest absolute Gasteiger partial charge is 0.319 e. The van der Waals surface area contributed by atoms with Crippen LogP contribution < -0.4 is 14.4 Å². The molecule has 0 aliphatic carbocycles. The van der Waals surface area contributed by atoms with Gasteiger partial charge in [0.05, 0.1) is 22.7 Å². The summed E-state index contributed by atoms with van der Waals surface area (Å²) in [7, 11) is 0. The number of piperidine rings is 1. The lowest BCUT2D eigenvalue weighted by atomic mass is 9.86. The lowest BCUT2D eigenvalue weighted by Crippen LogP contribution is -2.58. The van der Waals surface area contributed by atoms with Gasteiger partial charge in [0, 0.05) is 24.0 Å². The van der Waals surface area contributed by atoms with Crippen molar-refractivity contribution in [3.63, 3.8) is 0 Å². The van der Waals surface area contributed by atoms with Crippen LogP contribution in [-0.4, -0.2) is 80.1 Å². The zero-order valence-electron chi connectivity index (χ0n) is 25.4. The largest absolute Gasteiger partial charge is 0.508 e. The summed E-state index contributed by atoms with van der Waals surface area (Å²) in [5.41, 5.74) is -0.500. The first-order valence-electron chi connectivity index (χ1n) is 15.6. The minimum Gasteiger partial charge on any atom is -0.508 e. The van der Waals surface area contributed by atoms with E-state index in [9.17, 15) is 14.6 Å². The fraction of sp³-hybridized carbons (Fsp3) is 0.400. The third-order valence-electron chi connectivity index (χ3n) is 10.2. The average molecular weight is 626 g/mol. The van der Waals surface area contributed by atoms with Crippen LogP contribution >= 0.6 is 0 Å². The van der Waals surface area contributed by atoms with Gasteiger partial charge in [0.25, 0.3) is 0 Å². The third-order valence-corrected chi connectivity index (χ3v) is 10.2. The van der Waals surface area contributed by atoms with Crippen LogP contribution in [-0.2, 0) is 0 Å². The summed E-state index contributed by atoms with van der Waals surface area (Å²) in [6, 6.07) is 4.90. The van der Waals surface area contributed by atoms with Crippen LogP contribution in [0.1, 0.15) is 44.6 Å². The van der Waals surface area contributed by atoms with Crippen LogP contribution in [0.4, 0.5) is 14.6 Å². The summed E-state index contributed by atoms with van der Waals surface area (Å²) >= 11 is 0. The summed E-state index contributed by atoms with van der Waals surface area (Å²) in [5, 5.41) is 22.9. The van der Waals surface area contributed by atoms with Crippen molar-refractivity contribution in [2.45, 2.75) is 56.2 Å². The number of nitrogens with zero attached hydrogens (tertiary/aromatic N) is 5. The number of anilines is 1. The van der Waals surface area contributed by atoms with E-state index in [0.717, 1.165) is 37.9 Å². The molecule has 9 nitrogen and oxygen atoms in total. The standard InChI is InChI=1S/C35H33F2N5O4/c1-4-22-24(36)8-7-20-13-21(43)14-23(26(20)22)29-28(37)30-27-31(42-12-5-9-34(3,44)25(42)17-45-32(27)38-29)40-33(39-30)46-18-35-10-6-11-41(35)16-19(2)15-35/h1,7-8,13-14,25,43-44H,2,5-6,9-12,15-18H2,3H3/t25-,34-,35+/m1/s1. The average Bonchev–Trinajstić information content (AvgIpc) is 3.49. The van der Waals surface area contributed by atoms with E-state index in [0.29, 0.717) is 37.2 Å². The van der Waals surface area contributed by atoms with Crippen LogP contribution in [0.25, 0.3) is 32.9 Å². The summed E-state index contributed by atoms with van der Waals surface area (Å²) in [4.78, 5) is 18.3. The molecule has 3 atom stereocenters. The van der Waals surface area contributed by atoms with E-state index >= 15 is 4.39 Å². The number of aromatic hydroxyl groups is 1. The first-order valence-corrected chi connectivity index (χ1v) is 15.6. The molecule has 2 aromatic heterocycles. The number of ether oxygens (including phenoxy) is 2. The van der Waals surface area contributed by atoms with Crippen molar-refractivity contribution in [2.75, 3.05) is 37.7 Å². The van der Waals surface area contributed by atoms with E-state index in [2.05, 4.69) is 27.4 Å². The van der Waals surface area contributed by atoms with Crippen molar-refractivity contribution < 1.29 is 28.5 Å². The number of aliphatic hydroxyl groups is 1. The molecule has 4 aliphatic rings. The molecule has 11 heteroatoms. The Labute approximate surface area is 264 Å². The number of hydrogen-bond acceptors (Lipinski definition) is 9. The molecular weight excluding hydrogens is 592 g/mol. The fourth-order valence-corrected chi connectivity index (χ4v) is 8.00. The van der Waals surface area contributed by atoms with Gasteiger partial charge < -0.3 is 24.6 Å². The minimum absolute atomic E-state index is 0.00905. The van der Waals surface area contributed by atoms with Crippen molar-refractivity contribution >= 4 is 27.5 Å². The lowest BCUT2D eigenvalue weighted by Gasteiger charge is -2.44. The maximum absolute atomic E-state index is 17.0. The van der Waals surface area contributed by atoms with Crippen LogP contribution in [0.5, 0.6) is 17.6 Å². The number of phenols is 1. The second-order valence-corrected chi connectivity index (χ2v) is 13.2. The quantitative estimate of drug-likeness (QED) is 0.237. The van der Waals surface area contributed by atoms with E-state index in [-0.39, 0.29) is 62.9 Å². The molecule has 0 spiro atoms. The van der Waals surface area contributed by atoms with Gasteiger partial charge in [-0.15, -0.1) is 6.42 Å². The Kier molecular flexibility index (Phi) is 6.44. The van der Waals surface area contributed by atoms with Gasteiger partial charge in [-0.3, -0.25) is 4.90 Å². The number of benzene rings is 2. The second kappa shape index (κ2) is 10.2. The minimum atomic E-state index is -1.12. The molecule has 0 unspecified atom stereocenters. The number of pyridine rings is 1. The summed E-state index contributed by atoms with van der Waals surface area (Å²) in [5.74, 6) is 1.13. The highest BCUT2D eigenvalue weighted by atomic mass is 19.1. The summed E-state index contributed by atoms with van der Waals surface area (Å²) in [6.07, 6.45) is 9.75. The summed E-state index contributed by atoms with van der Waals surface area (Å²) in [6.45, 7) is 8.66. The Morgan fingerprint density at radius 3 is 2.80 bits per heavy atom. The van der Waals surface area contributed by atoms with Crippen molar-refractivity contribution in [1.82, 2.24) is 19.9 Å². The first-order chi connectivity index (χ1) is 22.1. The SMILES string of the molecule is C#Cc1c(F)ccc2cc(O)cc(-c3nc4c5c(nc(OC[C@@]67CCCN6CC(=C)C7)nc5c3F)N3CCC[C@@](C)(O)[C@H]3CO4)c12. The highest BCUT2D eigenvalue weighted by Gasteiger charge is 2.47. The number of hydrogen-bond donors (Lipinski definition) is 2. The molecule has 4 aliphatic heterocycles. The van der Waals surface area contributed by atoms with Crippen LogP contribution in [0, 0.1) is 24.0 Å². The van der Waals surface area contributed by atoms with Gasteiger partial charge in [0.15, 0.2) is 5.82 Å². The Hall–Kier alpha value is -4.53. The number of terminal acetylenes is 1. The zero-order valence-corrected chi connectivity index (χ0v) is 25.4.